The maximum Gasteiger partial charge on any atom is 0.335 e. The van der Waals surface area contributed by atoms with Crippen LogP contribution in [0, 0.1) is 0 Å². The lowest BCUT2D eigenvalue weighted by Gasteiger charge is -2.08. The van der Waals surface area contributed by atoms with Crippen molar-refractivity contribution in [3.63, 3.8) is 0 Å². The number of nitrogens with one attached hydrogen (secondary N) is 2. The average Bonchev–Trinajstić information content (AvgIpc) is 2.38. The van der Waals surface area contributed by atoms with Gasteiger partial charge in [-0.05, 0) is 31.9 Å². The predicted molar refractivity (Wildman–Crippen MR) is 77.9 cm³/mol. The summed E-state index contributed by atoms with van der Waals surface area (Å²) in [5.41, 5.74) is 2.13. The third-order valence-corrected chi connectivity index (χ3v) is 2.70. The Morgan fingerprint density at radius 3 is 2.55 bits per heavy atom. The van der Waals surface area contributed by atoms with Crippen LogP contribution in [0.3, 0.4) is 0 Å². The Kier molecular flexibility index (Phi) is 6.29. The van der Waals surface area contributed by atoms with Gasteiger partial charge in [-0.1, -0.05) is 29.8 Å². The van der Waals surface area contributed by atoms with Crippen LogP contribution in [0.1, 0.15) is 29.8 Å². The summed E-state index contributed by atoms with van der Waals surface area (Å²) in [6, 6.07) is 6.54. The van der Waals surface area contributed by atoms with Crippen molar-refractivity contribution in [3.8, 4) is 0 Å². The molecule has 0 bridgehead atoms. The molecule has 0 saturated carbocycles. The molecule has 0 aliphatic rings. The van der Waals surface area contributed by atoms with E-state index in [1.807, 2.05) is 19.9 Å². The lowest BCUT2D eigenvalue weighted by Crippen LogP contribution is -2.36. The molecule has 1 aromatic carbocycles. The van der Waals surface area contributed by atoms with Crippen LogP contribution in [-0.2, 0) is 6.42 Å². The van der Waals surface area contributed by atoms with E-state index < -0.39 is 5.97 Å². The van der Waals surface area contributed by atoms with Crippen molar-refractivity contribution in [1.29, 1.82) is 0 Å². The quantitative estimate of drug-likeness (QED) is 0.697. The summed E-state index contributed by atoms with van der Waals surface area (Å²) < 4.78 is 0. The largest absolute Gasteiger partial charge is 0.478 e. The first-order valence-electron chi connectivity index (χ1n) is 6.47. The standard InChI is InChI=1S/C15H20N2O3/c1-11(2)7-9-16-15(20)17-10-8-12-5-3-4-6-13(12)14(18)19/h3-7H,8-10H2,1-2H3,(H,18,19)(H2,16,17,20). The first-order chi connectivity index (χ1) is 9.50. The van der Waals surface area contributed by atoms with E-state index >= 15 is 0 Å². The molecular formula is C15H20N2O3. The number of carboxylic acid groups (broad SMARTS) is 1. The molecule has 0 heterocycles. The zero-order chi connectivity index (χ0) is 15.0. The van der Waals surface area contributed by atoms with Crippen molar-refractivity contribution in [2.45, 2.75) is 20.3 Å². The Hall–Kier alpha value is -2.30. The Morgan fingerprint density at radius 2 is 1.90 bits per heavy atom. The van der Waals surface area contributed by atoms with Gasteiger partial charge in [-0.2, -0.15) is 0 Å². The summed E-state index contributed by atoms with van der Waals surface area (Å²) in [4.78, 5) is 22.5. The minimum atomic E-state index is -0.950. The van der Waals surface area contributed by atoms with Gasteiger partial charge in [0.1, 0.15) is 0 Å². The molecule has 3 N–H and O–H groups in total. The lowest BCUT2D eigenvalue weighted by atomic mass is 10.0. The van der Waals surface area contributed by atoms with Gasteiger partial charge in [0.2, 0.25) is 0 Å². The van der Waals surface area contributed by atoms with E-state index in [0.29, 0.717) is 25.1 Å². The summed E-state index contributed by atoms with van der Waals surface area (Å²) in [5.74, 6) is -0.950. The molecule has 0 aliphatic carbocycles. The number of carboxylic acids is 1. The Balaban J connectivity index is 2.39. The Labute approximate surface area is 118 Å². The number of amides is 2. The Bertz CT molecular complexity index is 506. The number of carbonyl (C=O) groups is 2. The van der Waals surface area contributed by atoms with Gasteiger partial charge in [0.05, 0.1) is 5.56 Å². The number of carbonyl (C=O) groups excluding carboxylic acids is 1. The first-order valence-corrected chi connectivity index (χ1v) is 6.47. The van der Waals surface area contributed by atoms with Crippen molar-refractivity contribution in [2.24, 2.45) is 0 Å². The molecule has 5 nitrogen and oxygen atoms in total. The summed E-state index contributed by atoms with van der Waals surface area (Å²) in [7, 11) is 0. The van der Waals surface area contributed by atoms with Gasteiger partial charge >= 0.3 is 12.0 Å². The second-order valence-electron chi connectivity index (χ2n) is 4.63. The van der Waals surface area contributed by atoms with Crippen molar-refractivity contribution < 1.29 is 14.7 Å². The second-order valence-corrected chi connectivity index (χ2v) is 4.63. The molecule has 1 rings (SSSR count). The predicted octanol–water partition coefficient (Wildman–Crippen LogP) is 2.19. The van der Waals surface area contributed by atoms with E-state index in [9.17, 15) is 9.59 Å². The highest BCUT2D eigenvalue weighted by atomic mass is 16.4. The monoisotopic (exact) mass is 276 g/mol. The molecule has 0 aliphatic heterocycles. The fourth-order valence-electron chi connectivity index (χ4n) is 1.67. The third-order valence-electron chi connectivity index (χ3n) is 2.70. The van der Waals surface area contributed by atoms with Crippen LogP contribution < -0.4 is 10.6 Å². The number of benzene rings is 1. The summed E-state index contributed by atoms with van der Waals surface area (Å²) >= 11 is 0. The molecular weight excluding hydrogens is 256 g/mol. The molecule has 1 aromatic rings. The van der Waals surface area contributed by atoms with Gasteiger partial charge in [-0.25, -0.2) is 9.59 Å². The molecule has 20 heavy (non-hydrogen) atoms. The number of hydrogen-bond donors (Lipinski definition) is 3. The fraction of sp³-hybridized carbons (Fsp3) is 0.333. The second kappa shape index (κ2) is 7.99. The molecule has 2 amide bonds. The highest BCUT2D eigenvalue weighted by Crippen LogP contribution is 2.08. The molecule has 108 valence electrons. The van der Waals surface area contributed by atoms with Crippen LogP contribution in [0.25, 0.3) is 0 Å². The maximum atomic E-state index is 11.5. The van der Waals surface area contributed by atoms with Crippen LogP contribution in [0.15, 0.2) is 35.9 Å². The molecule has 0 fully saturated rings. The van der Waals surface area contributed by atoms with Crippen LogP contribution >= 0.6 is 0 Å². The zero-order valence-electron chi connectivity index (χ0n) is 11.8. The van der Waals surface area contributed by atoms with Crippen molar-refractivity contribution in [2.75, 3.05) is 13.1 Å². The maximum absolute atomic E-state index is 11.5. The van der Waals surface area contributed by atoms with E-state index in [4.69, 9.17) is 5.11 Å². The zero-order valence-corrected chi connectivity index (χ0v) is 11.8. The Morgan fingerprint density at radius 1 is 1.20 bits per heavy atom. The van der Waals surface area contributed by atoms with Crippen LogP contribution in [0.2, 0.25) is 0 Å². The van der Waals surface area contributed by atoms with E-state index in [0.717, 1.165) is 5.57 Å². The van der Waals surface area contributed by atoms with E-state index in [2.05, 4.69) is 10.6 Å². The average molecular weight is 276 g/mol. The smallest absolute Gasteiger partial charge is 0.335 e. The van der Waals surface area contributed by atoms with Crippen LogP contribution in [0.4, 0.5) is 4.79 Å². The van der Waals surface area contributed by atoms with Crippen molar-refractivity contribution in [1.82, 2.24) is 10.6 Å². The number of rotatable bonds is 6. The fourth-order valence-corrected chi connectivity index (χ4v) is 1.67. The number of urea groups is 1. The highest BCUT2D eigenvalue weighted by molar-refractivity contribution is 5.89. The van der Waals surface area contributed by atoms with E-state index in [-0.39, 0.29) is 11.6 Å². The van der Waals surface area contributed by atoms with Gasteiger partial charge in [-0.15, -0.1) is 0 Å². The van der Waals surface area contributed by atoms with E-state index in [1.54, 1.807) is 24.3 Å². The van der Waals surface area contributed by atoms with Crippen LogP contribution in [0.5, 0.6) is 0 Å². The third kappa shape index (κ3) is 5.56. The lowest BCUT2D eigenvalue weighted by molar-refractivity contribution is 0.0695. The summed E-state index contributed by atoms with van der Waals surface area (Å²) in [5, 5.41) is 14.4. The van der Waals surface area contributed by atoms with E-state index in [1.165, 1.54) is 0 Å². The molecule has 0 aromatic heterocycles. The van der Waals surface area contributed by atoms with Crippen molar-refractivity contribution in [3.05, 3.63) is 47.0 Å². The first kappa shape index (κ1) is 15.8. The number of aromatic carboxylic acids is 1. The molecule has 0 spiro atoms. The minimum Gasteiger partial charge on any atom is -0.478 e. The molecule has 0 atom stereocenters. The summed E-state index contributed by atoms with van der Waals surface area (Å²) in [6.07, 6.45) is 2.40. The molecule has 0 saturated heterocycles. The van der Waals surface area contributed by atoms with Gasteiger partial charge in [0.15, 0.2) is 0 Å². The van der Waals surface area contributed by atoms with Gasteiger partial charge in [-0.3, -0.25) is 0 Å². The van der Waals surface area contributed by atoms with Crippen molar-refractivity contribution >= 4 is 12.0 Å². The van der Waals surface area contributed by atoms with Gasteiger partial charge < -0.3 is 15.7 Å². The van der Waals surface area contributed by atoms with Gasteiger partial charge in [0, 0.05) is 13.1 Å². The SMILES string of the molecule is CC(C)=CCNC(=O)NCCc1ccccc1C(=O)O. The molecule has 5 heteroatoms. The normalized spacial score (nSPS) is 9.70. The van der Waals surface area contributed by atoms with Crippen LogP contribution in [-0.4, -0.2) is 30.2 Å². The topological polar surface area (TPSA) is 78.4 Å². The minimum absolute atomic E-state index is 0.254. The highest BCUT2D eigenvalue weighted by Gasteiger charge is 2.08. The molecule has 0 radical (unpaired) electrons. The summed E-state index contributed by atoms with van der Waals surface area (Å²) in [6.45, 7) is 4.80. The molecule has 0 unspecified atom stereocenters. The number of hydrogen-bond acceptors (Lipinski definition) is 2. The van der Waals surface area contributed by atoms with Gasteiger partial charge in [0.25, 0.3) is 0 Å². The number of allylic oxidation sites excluding steroid dienone is 1.